The summed E-state index contributed by atoms with van der Waals surface area (Å²) < 4.78 is 10.9. The molecule has 0 radical (unpaired) electrons. The minimum absolute atomic E-state index is 0.0271. The van der Waals surface area contributed by atoms with Crippen molar-refractivity contribution in [3.05, 3.63) is 47.1 Å². The number of ketones is 1. The van der Waals surface area contributed by atoms with Crippen LogP contribution in [0.3, 0.4) is 0 Å². The number of benzene rings is 1. The number of aromatic hydroxyl groups is 2. The van der Waals surface area contributed by atoms with Crippen molar-refractivity contribution in [2.75, 3.05) is 0 Å². The first-order valence-corrected chi connectivity index (χ1v) is 8.15. The van der Waals surface area contributed by atoms with E-state index in [9.17, 15) is 19.8 Å². The molecule has 3 rings (SSSR count). The Morgan fingerprint density at radius 3 is 2.68 bits per heavy atom. The predicted octanol–water partition coefficient (Wildman–Crippen LogP) is 2.35. The molecule has 1 aromatic carbocycles. The Bertz CT molecular complexity index is 777. The summed E-state index contributed by atoms with van der Waals surface area (Å²) in [6.07, 6.45) is 6.54. The molecule has 3 atom stereocenters. The first-order valence-electron chi connectivity index (χ1n) is 8.15. The van der Waals surface area contributed by atoms with Gasteiger partial charge in [0.15, 0.2) is 5.78 Å². The van der Waals surface area contributed by atoms with E-state index in [1.165, 1.54) is 6.08 Å². The van der Waals surface area contributed by atoms with Crippen LogP contribution < -0.4 is 0 Å². The second-order valence-electron chi connectivity index (χ2n) is 6.37. The van der Waals surface area contributed by atoms with Crippen LogP contribution in [0.5, 0.6) is 11.5 Å². The maximum Gasteiger partial charge on any atom is 0.342 e. The van der Waals surface area contributed by atoms with E-state index in [1.54, 1.807) is 26.0 Å². The van der Waals surface area contributed by atoms with Gasteiger partial charge in [0.1, 0.15) is 29.3 Å². The van der Waals surface area contributed by atoms with Crippen LogP contribution in [-0.4, -0.2) is 40.3 Å². The Balaban J connectivity index is 2.01. The van der Waals surface area contributed by atoms with Gasteiger partial charge in [0, 0.05) is 18.9 Å². The number of hydrogen-bond acceptors (Lipinski definition) is 6. The monoisotopic (exact) mass is 344 g/mol. The minimum Gasteiger partial charge on any atom is -0.508 e. The van der Waals surface area contributed by atoms with E-state index in [2.05, 4.69) is 0 Å². The van der Waals surface area contributed by atoms with Crippen LogP contribution in [0.25, 0.3) is 0 Å². The molecule has 132 valence electrons. The maximum atomic E-state index is 12.5. The van der Waals surface area contributed by atoms with Crippen molar-refractivity contribution in [3.8, 4) is 11.5 Å². The second kappa shape index (κ2) is 6.72. The van der Waals surface area contributed by atoms with Gasteiger partial charge >= 0.3 is 5.97 Å². The van der Waals surface area contributed by atoms with Gasteiger partial charge in [-0.05, 0) is 31.1 Å². The van der Waals surface area contributed by atoms with Gasteiger partial charge in [0.25, 0.3) is 0 Å². The quantitative estimate of drug-likeness (QED) is 0.554. The van der Waals surface area contributed by atoms with E-state index < -0.39 is 17.8 Å². The molecule has 6 nitrogen and oxygen atoms in total. The van der Waals surface area contributed by atoms with Crippen LogP contribution in [0, 0.1) is 6.92 Å². The van der Waals surface area contributed by atoms with Gasteiger partial charge in [0.05, 0.1) is 6.10 Å². The van der Waals surface area contributed by atoms with E-state index in [0.717, 1.165) is 6.07 Å². The molecule has 0 amide bonds. The number of ether oxygens (including phenoxy) is 2. The second-order valence-corrected chi connectivity index (χ2v) is 6.37. The molecule has 0 unspecified atom stereocenters. The Hall–Kier alpha value is -2.60. The molecule has 0 saturated carbocycles. The molecule has 2 aliphatic rings. The third kappa shape index (κ3) is 3.74. The Morgan fingerprint density at radius 2 is 1.92 bits per heavy atom. The number of fused-ring (bicyclic) bond motifs is 2. The molecule has 6 heteroatoms. The topological polar surface area (TPSA) is 96.4 Å². The third-order valence-electron chi connectivity index (χ3n) is 4.41. The highest BCUT2D eigenvalue weighted by atomic mass is 16.6. The summed E-state index contributed by atoms with van der Waals surface area (Å²) in [7, 11) is 0. The first-order chi connectivity index (χ1) is 11.9. The smallest absolute Gasteiger partial charge is 0.342 e. The summed E-state index contributed by atoms with van der Waals surface area (Å²) in [5.74, 6) is -1.56. The summed E-state index contributed by atoms with van der Waals surface area (Å²) in [5.41, 5.74) is 0.558. The largest absolute Gasteiger partial charge is 0.508 e. The molecule has 0 aliphatic carbocycles. The number of rotatable bonds is 0. The van der Waals surface area contributed by atoms with E-state index in [0.29, 0.717) is 12.0 Å². The highest BCUT2D eigenvalue weighted by Crippen LogP contribution is 2.34. The normalized spacial score (nSPS) is 29.0. The summed E-state index contributed by atoms with van der Waals surface area (Å²) >= 11 is 0. The van der Waals surface area contributed by atoms with Crippen LogP contribution in [0.2, 0.25) is 0 Å². The summed E-state index contributed by atoms with van der Waals surface area (Å²) in [5, 5.41) is 20.1. The van der Waals surface area contributed by atoms with Gasteiger partial charge in [-0.3, -0.25) is 4.79 Å². The zero-order valence-corrected chi connectivity index (χ0v) is 14.1. The van der Waals surface area contributed by atoms with E-state index in [1.807, 2.05) is 6.08 Å². The lowest BCUT2D eigenvalue weighted by atomic mass is 9.95. The fraction of sp³-hybridized carbons (Fsp3) is 0.368. The van der Waals surface area contributed by atoms with Crippen LogP contribution in [0.15, 0.2) is 30.4 Å². The molecule has 0 bridgehead atoms. The third-order valence-corrected chi connectivity index (χ3v) is 4.41. The van der Waals surface area contributed by atoms with Crippen molar-refractivity contribution in [3.63, 3.8) is 0 Å². The Labute approximate surface area is 145 Å². The van der Waals surface area contributed by atoms with Crippen molar-refractivity contribution in [2.24, 2.45) is 0 Å². The fourth-order valence-electron chi connectivity index (χ4n) is 2.96. The molecule has 2 heterocycles. The lowest BCUT2D eigenvalue weighted by Crippen LogP contribution is -2.20. The van der Waals surface area contributed by atoms with Gasteiger partial charge < -0.3 is 19.7 Å². The molecule has 1 saturated heterocycles. The Kier molecular flexibility index (Phi) is 4.63. The number of phenols is 2. The number of carbonyl (C=O) groups excluding carboxylic acids is 2. The molecule has 1 aromatic rings. The average Bonchev–Trinajstić information content (AvgIpc) is 3.25. The highest BCUT2D eigenvalue weighted by molar-refractivity contribution is 5.99. The van der Waals surface area contributed by atoms with Gasteiger partial charge in [-0.2, -0.15) is 0 Å². The number of phenolic OH excluding ortho intramolecular Hbond substituents is 2. The molecule has 1 fully saturated rings. The molecule has 25 heavy (non-hydrogen) atoms. The standard InChI is InChI=1S/C19H20O6/c1-10-7-17-16(25-17)6-4-3-5-12(20)8-13-11(2)14(21)9-15(22)18(13)19(23)24-10/h3-6,9-10,16-17,21-22H,7-8H2,1-2H3/b5-3-,6-4+/t10-,16-,17-/m1/s1. The first kappa shape index (κ1) is 17.2. The van der Waals surface area contributed by atoms with Crippen LogP contribution in [0.4, 0.5) is 0 Å². The van der Waals surface area contributed by atoms with Crippen molar-refractivity contribution >= 4 is 11.8 Å². The number of allylic oxidation sites excluding steroid dienone is 3. The zero-order chi connectivity index (χ0) is 18.1. The van der Waals surface area contributed by atoms with E-state index in [4.69, 9.17) is 9.47 Å². The van der Waals surface area contributed by atoms with Gasteiger partial charge in [-0.25, -0.2) is 4.79 Å². The summed E-state index contributed by atoms with van der Waals surface area (Å²) in [6, 6.07) is 1.09. The summed E-state index contributed by atoms with van der Waals surface area (Å²) in [4.78, 5) is 24.7. The number of esters is 1. The Morgan fingerprint density at radius 1 is 1.16 bits per heavy atom. The molecule has 2 N–H and O–H groups in total. The minimum atomic E-state index is -0.718. The molecule has 0 aromatic heterocycles. The molecule has 2 aliphatic heterocycles. The number of epoxide rings is 1. The van der Waals surface area contributed by atoms with Gasteiger partial charge in [-0.15, -0.1) is 0 Å². The molecular formula is C19H20O6. The fourth-order valence-corrected chi connectivity index (χ4v) is 2.96. The van der Waals surface area contributed by atoms with Crippen LogP contribution in [-0.2, 0) is 20.7 Å². The van der Waals surface area contributed by atoms with Gasteiger partial charge in [0.2, 0.25) is 0 Å². The van der Waals surface area contributed by atoms with Crippen molar-refractivity contribution in [1.29, 1.82) is 0 Å². The predicted molar refractivity (Wildman–Crippen MR) is 89.7 cm³/mol. The number of carbonyl (C=O) groups is 2. The highest BCUT2D eigenvalue weighted by Gasteiger charge is 2.38. The molecule has 0 spiro atoms. The van der Waals surface area contributed by atoms with E-state index >= 15 is 0 Å². The van der Waals surface area contributed by atoms with Crippen molar-refractivity contribution < 1.29 is 29.3 Å². The van der Waals surface area contributed by atoms with E-state index in [-0.39, 0.29) is 41.3 Å². The van der Waals surface area contributed by atoms with Crippen molar-refractivity contribution in [2.45, 2.75) is 45.0 Å². The van der Waals surface area contributed by atoms with Crippen LogP contribution >= 0.6 is 0 Å². The lowest BCUT2D eigenvalue weighted by molar-refractivity contribution is -0.114. The van der Waals surface area contributed by atoms with Crippen LogP contribution in [0.1, 0.15) is 34.8 Å². The average molecular weight is 344 g/mol. The SMILES string of the molecule is Cc1c(O)cc(O)c2c1CC(=O)/C=C\C=C\[C@H]1O[C@@H]1C[C@@H](C)OC2=O. The molecular weight excluding hydrogens is 324 g/mol. The lowest BCUT2D eigenvalue weighted by Gasteiger charge is -2.17. The summed E-state index contributed by atoms with van der Waals surface area (Å²) in [6.45, 7) is 3.34. The number of hydrogen-bond donors (Lipinski definition) is 2. The maximum absolute atomic E-state index is 12.5. The van der Waals surface area contributed by atoms with Crippen molar-refractivity contribution in [1.82, 2.24) is 0 Å². The van der Waals surface area contributed by atoms with Gasteiger partial charge in [-0.1, -0.05) is 18.2 Å². The number of cyclic esters (lactones) is 1. The zero-order valence-electron chi connectivity index (χ0n) is 14.1.